The van der Waals surface area contributed by atoms with Gasteiger partial charge in [0, 0.05) is 0 Å². The SMILES string of the molecule is OC(O)OC1C(O)C(O)C(O)C(O)C1O. The van der Waals surface area contributed by atoms with Crippen molar-refractivity contribution in [2.75, 3.05) is 0 Å². The molecule has 0 amide bonds. The van der Waals surface area contributed by atoms with E-state index in [-0.39, 0.29) is 0 Å². The fourth-order valence-electron chi connectivity index (χ4n) is 1.50. The summed E-state index contributed by atoms with van der Waals surface area (Å²) in [5, 5.41) is 63.1. The van der Waals surface area contributed by atoms with E-state index in [1.165, 1.54) is 0 Å². The first-order valence-corrected chi connectivity index (χ1v) is 4.28. The summed E-state index contributed by atoms with van der Waals surface area (Å²) in [7, 11) is 0. The van der Waals surface area contributed by atoms with Gasteiger partial charge in [0.25, 0.3) is 6.48 Å². The fourth-order valence-corrected chi connectivity index (χ4v) is 1.50. The van der Waals surface area contributed by atoms with Gasteiger partial charge in [-0.25, -0.2) is 0 Å². The Bertz CT molecular complexity index is 193. The number of hydrogen-bond acceptors (Lipinski definition) is 8. The Balaban J connectivity index is 2.77. The molecule has 1 rings (SSSR count). The Morgan fingerprint density at radius 1 is 0.667 bits per heavy atom. The van der Waals surface area contributed by atoms with Gasteiger partial charge >= 0.3 is 0 Å². The Kier molecular flexibility index (Phi) is 3.98. The van der Waals surface area contributed by atoms with Crippen molar-refractivity contribution < 1.29 is 40.5 Å². The zero-order valence-corrected chi connectivity index (χ0v) is 7.58. The molecule has 4 unspecified atom stereocenters. The second-order valence-corrected chi connectivity index (χ2v) is 3.38. The number of hydrogen-bond donors (Lipinski definition) is 7. The van der Waals surface area contributed by atoms with Crippen molar-refractivity contribution in [1.29, 1.82) is 0 Å². The largest absolute Gasteiger partial charge is 0.387 e. The first-order chi connectivity index (χ1) is 6.86. The molecule has 0 aromatic rings. The van der Waals surface area contributed by atoms with E-state index in [4.69, 9.17) is 15.3 Å². The molecular formula is C7H14O8. The van der Waals surface area contributed by atoms with Crippen LogP contribution in [0.25, 0.3) is 0 Å². The van der Waals surface area contributed by atoms with Crippen LogP contribution in [0.15, 0.2) is 0 Å². The lowest BCUT2D eigenvalue weighted by molar-refractivity contribution is -0.316. The van der Waals surface area contributed by atoms with Crippen LogP contribution in [0.2, 0.25) is 0 Å². The van der Waals surface area contributed by atoms with E-state index in [1.807, 2.05) is 0 Å². The van der Waals surface area contributed by atoms with Crippen molar-refractivity contribution in [3.63, 3.8) is 0 Å². The highest BCUT2D eigenvalue weighted by molar-refractivity contribution is 4.99. The molecule has 4 atom stereocenters. The quantitative estimate of drug-likeness (QED) is 0.232. The summed E-state index contributed by atoms with van der Waals surface area (Å²) in [6.07, 6.45) is -10.3. The summed E-state index contributed by atoms with van der Waals surface area (Å²) in [5.41, 5.74) is 0. The molecule has 0 radical (unpaired) electrons. The fraction of sp³-hybridized carbons (Fsp3) is 1.00. The second-order valence-electron chi connectivity index (χ2n) is 3.38. The standard InChI is InChI=1S/C7H14O8/c8-1-2(9)4(11)6(15-7(13)14)5(12)3(1)10/h1-14H. The van der Waals surface area contributed by atoms with Gasteiger partial charge in [0.05, 0.1) is 0 Å². The van der Waals surface area contributed by atoms with Crippen LogP contribution in [0.1, 0.15) is 0 Å². The molecule has 0 spiro atoms. The maximum absolute atomic E-state index is 9.32. The van der Waals surface area contributed by atoms with E-state index in [9.17, 15) is 20.4 Å². The van der Waals surface area contributed by atoms with Crippen LogP contribution in [0.3, 0.4) is 0 Å². The summed E-state index contributed by atoms with van der Waals surface area (Å²) in [6.45, 7) is -2.27. The highest BCUT2D eigenvalue weighted by atomic mass is 16.7. The van der Waals surface area contributed by atoms with Crippen LogP contribution in [0.5, 0.6) is 0 Å². The molecule has 8 nitrogen and oxygen atoms in total. The molecule has 0 heterocycles. The second kappa shape index (κ2) is 4.68. The van der Waals surface area contributed by atoms with E-state index < -0.39 is 43.1 Å². The topological polar surface area (TPSA) is 151 Å². The minimum Gasteiger partial charge on any atom is -0.387 e. The van der Waals surface area contributed by atoms with Crippen LogP contribution in [0.4, 0.5) is 0 Å². The predicted molar refractivity (Wildman–Crippen MR) is 43.1 cm³/mol. The molecule has 1 saturated carbocycles. The molecule has 1 aliphatic rings. The number of rotatable bonds is 2. The lowest BCUT2D eigenvalue weighted by atomic mass is 9.85. The normalized spacial score (nSPS) is 47.2. The maximum atomic E-state index is 9.32. The van der Waals surface area contributed by atoms with Gasteiger partial charge in [-0.2, -0.15) is 0 Å². The zero-order chi connectivity index (χ0) is 11.7. The summed E-state index contributed by atoms with van der Waals surface area (Å²) in [4.78, 5) is 0. The average molecular weight is 226 g/mol. The smallest absolute Gasteiger partial charge is 0.266 e. The number of ether oxygens (including phenoxy) is 1. The molecule has 0 aromatic carbocycles. The predicted octanol–water partition coefficient (Wildman–Crippen LogP) is -4.54. The highest BCUT2D eigenvalue weighted by Gasteiger charge is 2.49. The summed E-state index contributed by atoms with van der Waals surface area (Å²) in [6, 6.07) is 0. The molecule has 1 aliphatic carbocycles. The minimum atomic E-state index is -2.27. The van der Waals surface area contributed by atoms with E-state index in [2.05, 4.69) is 4.74 Å². The van der Waals surface area contributed by atoms with E-state index in [1.54, 1.807) is 0 Å². The summed E-state index contributed by atoms with van der Waals surface area (Å²) >= 11 is 0. The van der Waals surface area contributed by atoms with Crippen molar-refractivity contribution in [3.05, 3.63) is 0 Å². The zero-order valence-electron chi connectivity index (χ0n) is 7.58. The van der Waals surface area contributed by atoms with Gasteiger partial charge in [-0.15, -0.1) is 0 Å². The molecule has 0 bridgehead atoms. The molecule has 8 heteroatoms. The molecule has 90 valence electrons. The molecule has 7 N–H and O–H groups in total. The summed E-state index contributed by atoms with van der Waals surface area (Å²) in [5.74, 6) is 0. The van der Waals surface area contributed by atoms with Crippen molar-refractivity contribution in [2.45, 2.75) is 43.1 Å². The lowest BCUT2D eigenvalue weighted by Gasteiger charge is -2.41. The highest BCUT2D eigenvalue weighted by Crippen LogP contribution is 2.24. The van der Waals surface area contributed by atoms with E-state index in [0.29, 0.717) is 0 Å². The lowest BCUT2D eigenvalue weighted by Crippen LogP contribution is -2.64. The van der Waals surface area contributed by atoms with Crippen molar-refractivity contribution in [2.24, 2.45) is 0 Å². The molecule has 0 saturated heterocycles. The van der Waals surface area contributed by atoms with Crippen LogP contribution < -0.4 is 0 Å². The van der Waals surface area contributed by atoms with Crippen molar-refractivity contribution in [1.82, 2.24) is 0 Å². The monoisotopic (exact) mass is 226 g/mol. The number of aliphatic hydroxyl groups is 7. The van der Waals surface area contributed by atoms with Gasteiger partial charge in [-0.1, -0.05) is 0 Å². The van der Waals surface area contributed by atoms with Gasteiger partial charge in [0.15, 0.2) is 0 Å². The Morgan fingerprint density at radius 2 is 1.00 bits per heavy atom. The van der Waals surface area contributed by atoms with Gasteiger partial charge in [0.1, 0.15) is 36.6 Å². The van der Waals surface area contributed by atoms with Gasteiger partial charge < -0.3 is 40.5 Å². The molecule has 15 heavy (non-hydrogen) atoms. The van der Waals surface area contributed by atoms with Crippen LogP contribution >= 0.6 is 0 Å². The van der Waals surface area contributed by atoms with Crippen LogP contribution in [0, 0.1) is 0 Å². The average Bonchev–Trinajstić information content (AvgIpc) is 2.18. The molecule has 0 aromatic heterocycles. The third-order valence-electron chi connectivity index (χ3n) is 2.35. The number of aliphatic hydroxyl groups excluding tert-OH is 6. The van der Waals surface area contributed by atoms with Crippen LogP contribution in [-0.4, -0.2) is 78.8 Å². The van der Waals surface area contributed by atoms with Gasteiger partial charge in [-0.05, 0) is 0 Å². The molecule has 1 fully saturated rings. The third-order valence-corrected chi connectivity index (χ3v) is 2.35. The Morgan fingerprint density at radius 3 is 1.33 bits per heavy atom. The Hall–Kier alpha value is -0.320. The van der Waals surface area contributed by atoms with E-state index in [0.717, 1.165) is 0 Å². The van der Waals surface area contributed by atoms with Crippen LogP contribution in [-0.2, 0) is 4.74 Å². The maximum Gasteiger partial charge on any atom is 0.266 e. The molecule has 0 aliphatic heterocycles. The molecular weight excluding hydrogens is 212 g/mol. The third kappa shape index (κ3) is 2.44. The van der Waals surface area contributed by atoms with E-state index >= 15 is 0 Å². The Labute approximate surface area is 84.6 Å². The first kappa shape index (κ1) is 12.7. The minimum absolute atomic E-state index is 1.60. The van der Waals surface area contributed by atoms with Gasteiger partial charge in [-0.3, -0.25) is 0 Å². The summed E-state index contributed by atoms with van der Waals surface area (Å²) < 4.78 is 4.28. The van der Waals surface area contributed by atoms with Crippen molar-refractivity contribution >= 4 is 0 Å². The van der Waals surface area contributed by atoms with Crippen molar-refractivity contribution in [3.8, 4) is 0 Å². The first-order valence-electron chi connectivity index (χ1n) is 4.28. The van der Waals surface area contributed by atoms with Gasteiger partial charge in [0.2, 0.25) is 0 Å².